The molecule has 0 heterocycles. The largest absolute Gasteiger partial charge is 0.508 e. The fourth-order valence-corrected chi connectivity index (χ4v) is 1.90. The third-order valence-corrected chi connectivity index (χ3v) is 3.10. The number of aromatic hydroxyl groups is 1. The lowest BCUT2D eigenvalue weighted by atomic mass is 9.83. The Hall–Kier alpha value is -1.51. The fourth-order valence-electron chi connectivity index (χ4n) is 1.90. The van der Waals surface area contributed by atoms with E-state index in [1.165, 1.54) is 19.3 Å². The van der Waals surface area contributed by atoms with Crippen LogP contribution in [0.1, 0.15) is 31.2 Å². The maximum atomic E-state index is 11.5. The van der Waals surface area contributed by atoms with Gasteiger partial charge in [0.15, 0.2) is 0 Å². The molecule has 0 aromatic heterocycles. The summed E-state index contributed by atoms with van der Waals surface area (Å²) in [6, 6.07) is 6.97. The number of benzene rings is 1. The Morgan fingerprint density at radius 2 is 2.25 bits per heavy atom. The van der Waals surface area contributed by atoms with Gasteiger partial charge in [-0.2, -0.15) is 0 Å². The third-order valence-electron chi connectivity index (χ3n) is 3.10. The molecule has 0 aliphatic heterocycles. The lowest BCUT2D eigenvalue weighted by Crippen LogP contribution is -2.27. The molecule has 0 spiro atoms. The third kappa shape index (κ3) is 2.99. The predicted molar refractivity (Wildman–Crippen MR) is 61.9 cm³/mol. The number of amides is 1. The lowest BCUT2D eigenvalue weighted by molar-refractivity contribution is -0.122. The van der Waals surface area contributed by atoms with E-state index >= 15 is 0 Å². The average molecular weight is 219 g/mol. The second-order valence-corrected chi connectivity index (χ2v) is 4.45. The molecule has 0 unspecified atom stereocenters. The van der Waals surface area contributed by atoms with Gasteiger partial charge in [-0.05, 0) is 36.5 Å². The number of hydrogen-bond acceptors (Lipinski definition) is 2. The summed E-state index contributed by atoms with van der Waals surface area (Å²) < 4.78 is 0. The van der Waals surface area contributed by atoms with Crippen molar-refractivity contribution in [2.75, 3.05) is 0 Å². The van der Waals surface area contributed by atoms with Gasteiger partial charge < -0.3 is 10.4 Å². The van der Waals surface area contributed by atoms with Gasteiger partial charge in [0.05, 0.1) is 0 Å². The van der Waals surface area contributed by atoms with Gasteiger partial charge in [-0.25, -0.2) is 0 Å². The van der Waals surface area contributed by atoms with Crippen LogP contribution < -0.4 is 5.32 Å². The smallest absolute Gasteiger partial charge is 0.220 e. The van der Waals surface area contributed by atoms with Crippen molar-refractivity contribution in [3.63, 3.8) is 0 Å². The van der Waals surface area contributed by atoms with E-state index in [1.807, 2.05) is 6.07 Å². The number of rotatable bonds is 4. The van der Waals surface area contributed by atoms with Crippen LogP contribution >= 0.6 is 0 Å². The molecule has 3 heteroatoms. The normalized spacial score (nSPS) is 15.5. The van der Waals surface area contributed by atoms with Crippen molar-refractivity contribution in [1.29, 1.82) is 0 Å². The van der Waals surface area contributed by atoms with E-state index in [0.29, 0.717) is 18.9 Å². The molecule has 1 aliphatic rings. The predicted octanol–water partition coefficient (Wildman–Crippen LogP) is 2.20. The second kappa shape index (κ2) is 5.01. The minimum Gasteiger partial charge on any atom is -0.508 e. The van der Waals surface area contributed by atoms with Crippen molar-refractivity contribution in [1.82, 2.24) is 5.32 Å². The van der Waals surface area contributed by atoms with Crippen LogP contribution in [-0.4, -0.2) is 11.0 Å². The number of hydrogen-bond donors (Lipinski definition) is 2. The number of nitrogens with one attached hydrogen (secondary N) is 1. The minimum absolute atomic E-state index is 0.119. The molecule has 0 radical (unpaired) electrons. The molecule has 1 aromatic rings. The standard InChI is InChI=1S/C13H17NO2/c15-12-6-2-5-11(7-12)9-14-13(16)8-10-3-1-4-10/h2,5-7,10,15H,1,3-4,8-9H2,(H,14,16). The zero-order valence-electron chi connectivity index (χ0n) is 9.28. The van der Waals surface area contributed by atoms with Gasteiger partial charge in [0.1, 0.15) is 5.75 Å². The van der Waals surface area contributed by atoms with Crippen LogP contribution in [0.4, 0.5) is 0 Å². The summed E-state index contributed by atoms with van der Waals surface area (Å²) >= 11 is 0. The highest BCUT2D eigenvalue weighted by atomic mass is 16.3. The van der Waals surface area contributed by atoms with E-state index in [-0.39, 0.29) is 11.7 Å². The molecule has 3 nitrogen and oxygen atoms in total. The first-order valence-corrected chi connectivity index (χ1v) is 5.78. The van der Waals surface area contributed by atoms with Gasteiger partial charge in [-0.1, -0.05) is 18.6 Å². The summed E-state index contributed by atoms with van der Waals surface area (Å²) in [5.41, 5.74) is 0.932. The average Bonchev–Trinajstić information content (AvgIpc) is 2.21. The Morgan fingerprint density at radius 3 is 2.88 bits per heavy atom. The van der Waals surface area contributed by atoms with Crippen molar-refractivity contribution in [2.24, 2.45) is 5.92 Å². The lowest BCUT2D eigenvalue weighted by Gasteiger charge is -2.24. The number of carbonyl (C=O) groups is 1. The summed E-state index contributed by atoms with van der Waals surface area (Å²) in [6.45, 7) is 0.500. The topological polar surface area (TPSA) is 49.3 Å². The fraction of sp³-hybridized carbons (Fsp3) is 0.462. The van der Waals surface area contributed by atoms with Gasteiger partial charge in [0, 0.05) is 13.0 Å². The zero-order valence-corrected chi connectivity index (χ0v) is 9.28. The van der Waals surface area contributed by atoms with Crippen molar-refractivity contribution in [3.05, 3.63) is 29.8 Å². The summed E-state index contributed by atoms with van der Waals surface area (Å²) in [7, 11) is 0. The maximum absolute atomic E-state index is 11.5. The molecule has 1 saturated carbocycles. The van der Waals surface area contributed by atoms with Gasteiger partial charge in [0.2, 0.25) is 5.91 Å². The van der Waals surface area contributed by atoms with Crippen LogP contribution in [0, 0.1) is 5.92 Å². The SMILES string of the molecule is O=C(CC1CCC1)NCc1cccc(O)c1. The Labute approximate surface area is 95.5 Å². The first kappa shape index (κ1) is 11.0. The van der Waals surface area contributed by atoms with E-state index < -0.39 is 0 Å². The van der Waals surface area contributed by atoms with E-state index in [4.69, 9.17) is 0 Å². The molecule has 86 valence electrons. The highest BCUT2D eigenvalue weighted by Crippen LogP contribution is 2.29. The molecule has 0 saturated heterocycles. The van der Waals surface area contributed by atoms with Crippen LogP contribution in [0.15, 0.2) is 24.3 Å². The number of phenols is 1. The Kier molecular flexibility index (Phi) is 3.44. The molecule has 1 fully saturated rings. The molecular formula is C13H17NO2. The quantitative estimate of drug-likeness (QED) is 0.815. The number of carbonyl (C=O) groups excluding carboxylic acids is 1. The molecule has 1 aromatic carbocycles. The minimum atomic E-state index is 0.119. The maximum Gasteiger partial charge on any atom is 0.220 e. The van der Waals surface area contributed by atoms with Crippen LogP contribution in [0.5, 0.6) is 5.75 Å². The molecule has 1 amide bonds. The summed E-state index contributed by atoms with van der Waals surface area (Å²) in [5.74, 6) is 0.961. The zero-order chi connectivity index (χ0) is 11.4. The van der Waals surface area contributed by atoms with Gasteiger partial charge in [-0.3, -0.25) is 4.79 Å². The van der Waals surface area contributed by atoms with E-state index in [2.05, 4.69) is 5.32 Å². The van der Waals surface area contributed by atoms with Crippen LogP contribution in [-0.2, 0) is 11.3 Å². The first-order chi connectivity index (χ1) is 7.74. The monoisotopic (exact) mass is 219 g/mol. The van der Waals surface area contributed by atoms with Crippen LogP contribution in [0.25, 0.3) is 0 Å². The summed E-state index contributed by atoms with van der Waals surface area (Å²) in [6.07, 6.45) is 4.31. The number of phenolic OH excluding ortho intramolecular Hbond substituents is 1. The summed E-state index contributed by atoms with van der Waals surface area (Å²) in [4.78, 5) is 11.5. The Morgan fingerprint density at radius 1 is 1.44 bits per heavy atom. The first-order valence-electron chi connectivity index (χ1n) is 5.78. The second-order valence-electron chi connectivity index (χ2n) is 4.45. The van der Waals surface area contributed by atoms with E-state index in [9.17, 15) is 9.90 Å². The highest BCUT2D eigenvalue weighted by molar-refractivity contribution is 5.76. The Bertz CT molecular complexity index is 372. The van der Waals surface area contributed by atoms with E-state index in [0.717, 1.165) is 5.56 Å². The van der Waals surface area contributed by atoms with Crippen molar-refractivity contribution in [3.8, 4) is 5.75 Å². The van der Waals surface area contributed by atoms with Gasteiger partial charge >= 0.3 is 0 Å². The summed E-state index contributed by atoms with van der Waals surface area (Å²) in [5, 5.41) is 12.1. The molecule has 2 N–H and O–H groups in total. The molecule has 0 atom stereocenters. The van der Waals surface area contributed by atoms with E-state index in [1.54, 1.807) is 18.2 Å². The van der Waals surface area contributed by atoms with Gasteiger partial charge in [-0.15, -0.1) is 0 Å². The van der Waals surface area contributed by atoms with Crippen LogP contribution in [0.2, 0.25) is 0 Å². The molecule has 16 heavy (non-hydrogen) atoms. The van der Waals surface area contributed by atoms with Gasteiger partial charge in [0.25, 0.3) is 0 Å². The molecule has 2 rings (SSSR count). The Balaban J connectivity index is 1.75. The molecule has 0 bridgehead atoms. The molecular weight excluding hydrogens is 202 g/mol. The van der Waals surface area contributed by atoms with Crippen LogP contribution in [0.3, 0.4) is 0 Å². The van der Waals surface area contributed by atoms with Crippen molar-refractivity contribution >= 4 is 5.91 Å². The highest BCUT2D eigenvalue weighted by Gasteiger charge is 2.20. The molecule has 1 aliphatic carbocycles. The van der Waals surface area contributed by atoms with Crippen molar-refractivity contribution < 1.29 is 9.90 Å². The van der Waals surface area contributed by atoms with Crippen molar-refractivity contribution in [2.45, 2.75) is 32.2 Å².